The number of rotatable bonds is 5. The molecule has 2 N–H and O–H groups in total. The van der Waals surface area contributed by atoms with Crippen molar-refractivity contribution < 1.29 is 22.8 Å². The summed E-state index contributed by atoms with van der Waals surface area (Å²) in [6.07, 6.45) is -3.50. The van der Waals surface area contributed by atoms with Gasteiger partial charge in [-0.05, 0) is 18.4 Å². The van der Waals surface area contributed by atoms with Gasteiger partial charge in [-0.2, -0.15) is 13.2 Å². The molecular weight excluding hydrogens is 285 g/mol. The highest BCUT2D eigenvalue weighted by Gasteiger charge is 2.45. The number of hydrogen-bond acceptors (Lipinski definition) is 2. The Morgan fingerprint density at radius 3 is 2.29 bits per heavy atom. The second-order valence-corrected chi connectivity index (χ2v) is 5.00. The second-order valence-electron chi connectivity index (χ2n) is 5.00. The number of amides is 2. The SMILES string of the molecule is O=C(CCNC(=O)C(F)(F)F)NC1(c2ccccc2)CC1. The van der Waals surface area contributed by atoms with Crippen molar-refractivity contribution >= 4 is 11.8 Å². The van der Waals surface area contributed by atoms with E-state index >= 15 is 0 Å². The first-order valence-corrected chi connectivity index (χ1v) is 6.55. The minimum atomic E-state index is -4.92. The molecule has 1 aliphatic carbocycles. The standard InChI is InChI=1S/C14H15F3N2O2/c15-14(16,17)12(21)18-9-6-11(20)19-13(7-8-13)10-4-2-1-3-5-10/h1-5H,6-9H2,(H,18,21)(H,19,20). The highest BCUT2D eigenvalue weighted by Crippen LogP contribution is 2.45. The minimum Gasteiger partial charge on any atom is -0.348 e. The average Bonchev–Trinajstić information content (AvgIpc) is 3.19. The topological polar surface area (TPSA) is 58.2 Å². The van der Waals surface area contributed by atoms with E-state index in [1.54, 1.807) is 5.32 Å². The summed E-state index contributed by atoms with van der Waals surface area (Å²) < 4.78 is 35.9. The van der Waals surface area contributed by atoms with Crippen LogP contribution in [0.25, 0.3) is 0 Å². The third-order valence-corrected chi connectivity index (χ3v) is 3.35. The van der Waals surface area contributed by atoms with Gasteiger partial charge in [-0.3, -0.25) is 9.59 Å². The van der Waals surface area contributed by atoms with Crippen LogP contribution in [0, 0.1) is 0 Å². The fraction of sp³-hybridized carbons (Fsp3) is 0.429. The van der Waals surface area contributed by atoms with Crippen LogP contribution in [0.15, 0.2) is 30.3 Å². The highest BCUT2D eigenvalue weighted by molar-refractivity contribution is 5.83. The molecule has 1 saturated carbocycles. The summed E-state index contributed by atoms with van der Waals surface area (Å²) in [6, 6.07) is 9.40. The summed E-state index contributed by atoms with van der Waals surface area (Å²) in [6.45, 7) is -0.338. The lowest BCUT2D eigenvalue weighted by atomic mass is 10.0. The van der Waals surface area contributed by atoms with E-state index in [2.05, 4.69) is 5.32 Å². The molecule has 0 aromatic heterocycles. The predicted octanol–water partition coefficient (Wildman–Crippen LogP) is 1.86. The lowest BCUT2D eigenvalue weighted by Crippen LogP contribution is -2.40. The van der Waals surface area contributed by atoms with E-state index in [0.29, 0.717) is 0 Å². The zero-order valence-electron chi connectivity index (χ0n) is 11.2. The zero-order chi connectivity index (χ0) is 15.5. The molecule has 0 atom stereocenters. The van der Waals surface area contributed by atoms with Crippen molar-refractivity contribution in [1.29, 1.82) is 0 Å². The number of halogens is 3. The Bertz CT molecular complexity index is 525. The van der Waals surface area contributed by atoms with Crippen LogP contribution in [0.2, 0.25) is 0 Å². The lowest BCUT2D eigenvalue weighted by molar-refractivity contribution is -0.173. The normalized spacial score (nSPS) is 16.1. The van der Waals surface area contributed by atoms with Gasteiger partial charge >= 0.3 is 12.1 Å². The molecule has 114 valence electrons. The lowest BCUT2D eigenvalue weighted by Gasteiger charge is -2.18. The monoisotopic (exact) mass is 300 g/mol. The fourth-order valence-electron chi connectivity index (χ4n) is 2.09. The summed E-state index contributed by atoms with van der Waals surface area (Å²) in [5, 5.41) is 4.50. The first-order chi connectivity index (χ1) is 9.83. The maximum Gasteiger partial charge on any atom is 0.471 e. The van der Waals surface area contributed by atoms with Crippen molar-refractivity contribution in [2.45, 2.75) is 31.0 Å². The minimum absolute atomic E-state index is 0.184. The zero-order valence-corrected chi connectivity index (χ0v) is 11.2. The molecular formula is C14H15F3N2O2. The van der Waals surface area contributed by atoms with Crippen LogP contribution in [0.3, 0.4) is 0 Å². The molecule has 2 rings (SSSR count). The Kier molecular flexibility index (Phi) is 4.20. The van der Waals surface area contributed by atoms with Crippen molar-refractivity contribution in [3.63, 3.8) is 0 Å². The molecule has 1 fully saturated rings. The van der Waals surface area contributed by atoms with Crippen LogP contribution in [0.5, 0.6) is 0 Å². The molecule has 4 nitrogen and oxygen atoms in total. The number of nitrogens with one attached hydrogen (secondary N) is 2. The van der Waals surface area contributed by atoms with Gasteiger partial charge in [0, 0.05) is 13.0 Å². The number of alkyl halides is 3. The number of hydrogen-bond donors (Lipinski definition) is 2. The summed E-state index contributed by atoms with van der Waals surface area (Å²) in [5.74, 6) is -2.40. The summed E-state index contributed by atoms with van der Waals surface area (Å²) >= 11 is 0. The van der Waals surface area contributed by atoms with Crippen LogP contribution in [0.1, 0.15) is 24.8 Å². The molecule has 0 radical (unpaired) electrons. The van der Waals surface area contributed by atoms with Crippen LogP contribution in [-0.4, -0.2) is 24.5 Å². The van der Waals surface area contributed by atoms with Crippen molar-refractivity contribution in [2.24, 2.45) is 0 Å². The summed E-state index contributed by atoms with van der Waals surface area (Å²) in [5.41, 5.74) is 0.588. The molecule has 0 bridgehead atoms. The molecule has 2 amide bonds. The van der Waals surface area contributed by atoms with Crippen LogP contribution in [0.4, 0.5) is 13.2 Å². The van der Waals surface area contributed by atoms with Crippen LogP contribution in [-0.2, 0) is 15.1 Å². The Morgan fingerprint density at radius 1 is 1.14 bits per heavy atom. The molecule has 7 heteroatoms. The van der Waals surface area contributed by atoms with Crippen molar-refractivity contribution in [3.05, 3.63) is 35.9 Å². The van der Waals surface area contributed by atoms with E-state index in [-0.39, 0.29) is 18.9 Å². The van der Waals surface area contributed by atoms with E-state index in [0.717, 1.165) is 18.4 Å². The van der Waals surface area contributed by atoms with E-state index in [1.165, 1.54) is 0 Å². The van der Waals surface area contributed by atoms with Gasteiger partial charge in [-0.15, -0.1) is 0 Å². The molecule has 0 saturated heterocycles. The van der Waals surface area contributed by atoms with Crippen molar-refractivity contribution in [1.82, 2.24) is 10.6 Å². The van der Waals surface area contributed by atoms with E-state index in [9.17, 15) is 22.8 Å². The number of carbonyl (C=O) groups is 2. The molecule has 0 aliphatic heterocycles. The maximum absolute atomic E-state index is 12.0. The maximum atomic E-state index is 12.0. The Balaban J connectivity index is 1.80. The Labute approximate surface area is 119 Å². The molecule has 0 spiro atoms. The van der Waals surface area contributed by atoms with Gasteiger partial charge in [0.25, 0.3) is 0 Å². The molecule has 1 aliphatic rings. The van der Waals surface area contributed by atoms with E-state index in [1.807, 2.05) is 30.3 Å². The van der Waals surface area contributed by atoms with Gasteiger partial charge in [-0.1, -0.05) is 30.3 Å². The average molecular weight is 300 g/mol. The van der Waals surface area contributed by atoms with Gasteiger partial charge in [0.05, 0.1) is 5.54 Å². The van der Waals surface area contributed by atoms with Crippen molar-refractivity contribution in [3.8, 4) is 0 Å². The molecule has 21 heavy (non-hydrogen) atoms. The van der Waals surface area contributed by atoms with Crippen LogP contribution < -0.4 is 10.6 Å². The molecule has 0 heterocycles. The third kappa shape index (κ3) is 3.96. The molecule has 1 aromatic rings. The molecule has 0 unspecified atom stereocenters. The second kappa shape index (κ2) is 5.75. The quantitative estimate of drug-likeness (QED) is 0.872. The van der Waals surface area contributed by atoms with E-state index < -0.39 is 17.6 Å². The largest absolute Gasteiger partial charge is 0.471 e. The van der Waals surface area contributed by atoms with Gasteiger partial charge in [-0.25, -0.2) is 0 Å². The first kappa shape index (κ1) is 15.3. The number of benzene rings is 1. The highest BCUT2D eigenvalue weighted by atomic mass is 19.4. The predicted molar refractivity (Wildman–Crippen MR) is 69.2 cm³/mol. The van der Waals surface area contributed by atoms with Crippen molar-refractivity contribution in [2.75, 3.05) is 6.54 Å². The fourth-order valence-corrected chi connectivity index (χ4v) is 2.09. The Hall–Kier alpha value is -2.05. The summed E-state index contributed by atoms with van der Waals surface area (Å²) in [4.78, 5) is 22.4. The number of carbonyl (C=O) groups excluding carboxylic acids is 2. The van der Waals surface area contributed by atoms with Gasteiger partial charge in [0.2, 0.25) is 5.91 Å². The third-order valence-electron chi connectivity index (χ3n) is 3.35. The van der Waals surface area contributed by atoms with Gasteiger partial charge in [0.1, 0.15) is 0 Å². The van der Waals surface area contributed by atoms with Gasteiger partial charge < -0.3 is 10.6 Å². The van der Waals surface area contributed by atoms with Crippen LogP contribution >= 0.6 is 0 Å². The molecule has 1 aromatic carbocycles. The first-order valence-electron chi connectivity index (χ1n) is 6.55. The summed E-state index contributed by atoms with van der Waals surface area (Å²) in [7, 11) is 0. The smallest absolute Gasteiger partial charge is 0.348 e. The Morgan fingerprint density at radius 2 is 1.76 bits per heavy atom. The van der Waals surface area contributed by atoms with E-state index in [4.69, 9.17) is 0 Å². The van der Waals surface area contributed by atoms with Gasteiger partial charge in [0.15, 0.2) is 0 Å².